The monoisotopic (exact) mass is 361 g/mol. The molecule has 1 N–H and O–H groups in total. The Bertz CT molecular complexity index is 852. The smallest absolute Gasteiger partial charge is 0.291 e. The summed E-state index contributed by atoms with van der Waals surface area (Å²) in [7, 11) is 0. The van der Waals surface area contributed by atoms with Crippen LogP contribution in [0.25, 0.3) is 0 Å². The Hall–Kier alpha value is -3.05. The highest BCUT2D eigenvalue weighted by molar-refractivity contribution is 6.02. The topological polar surface area (TPSA) is 48.7 Å². The van der Waals surface area contributed by atoms with Crippen molar-refractivity contribution in [3.8, 4) is 0 Å². The molecule has 2 aromatic carbocycles. The average Bonchev–Trinajstić information content (AvgIpc) is 3.26. The van der Waals surface area contributed by atoms with Gasteiger partial charge in [0.05, 0.1) is 6.26 Å². The highest BCUT2D eigenvalue weighted by atomic mass is 16.3. The van der Waals surface area contributed by atoms with Crippen LogP contribution in [0, 0.1) is 0 Å². The Balaban J connectivity index is 1.28. The molecule has 0 atom stereocenters. The van der Waals surface area contributed by atoms with Crippen molar-refractivity contribution in [2.75, 3.05) is 36.4 Å². The number of amides is 1. The van der Waals surface area contributed by atoms with E-state index in [4.69, 9.17) is 4.42 Å². The molecule has 3 aromatic rings. The zero-order valence-corrected chi connectivity index (χ0v) is 15.2. The lowest BCUT2D eigenvalue weighted by Crippen LogP contribution is -2.45. The van der Waals surface area contributed by atoms with Crippen molar-refractivity contribution in [3.63, 3.8) is 0 Å². The number of carbonyl (C=O) groups excluding carboxylic acids is 1. The average molecular weight is 361 g/mol. The molecule has 1 aliphatic heterocycles. The number of hydrogen-bond acceptors (Lipinski definition) is 4. The molecule has 1 saturated heterocycles. The minimum atomic E-state index is -0.232. The first-order chi connectivity index (χ1) is 13.3. The number of benzene rings is 2. The van der Waals surface area contributed by atoms with Crippen molar-refractivity contribution in [2.45, 2.75) is 6.54 Å². The van der Waals surface area contributed by atoms with Gasteiger partial charge in [0.2, 0.25) is 0 Å². The van der Waals surface area contributed by atoms with Crippen LogP contribution >= 0.6 is 0 Å². The number of rotatable bonds is 5. The number of carbonyl (C=O) groups is 1. The Kier molecular flexibility index (Phi) is 5.21. The second kappa shape index (κ2) is 8.10. The Morgan fingerprint density at radius 2 is 1.63 bits per heavy atom. The number of anilines is 2. The number of para-hydroxylation sites is 1. The summed E-state index contributed by atoms with van der Waals surface area (Å²) in [6, 6.07) is 22.0. The number of furan rings is 1. The lowest BCUT2D eigenvalue weighted by atomic mass is 10.1. The fourth-order valence-corrected chi connectivity index (χ4v) is 3.36. The number of nitrogens with zero attached hydrogens (tertiary/aromatic N) is 2. The van der Waals surface area contributed by atoms with Gasteiger partial charge in [-0.25, -0.2) is 0 Å². The molecular formula is C22H23N3O2. The van der Waals surface area contributed by atoms with Crippen molar-refractivity contribution in [1.29, 1.82) is 0 Å². The van der Waals surface area contributed by atoms with E-state index in [0.29, 0.717) is 5.76 Å². The summed E-state index contributed by atoms with van der Waals surface area (Å²) < 4.78 is 5.11. The Morgan fingerprint density at radius 1 is 0.889 bits per heavy atom. The van der Waals surface area contributed by atoms with Gasteiger partial charge in [0, 0.05) is 44.1 Å². The van der Waals surface area contributed by atoms with E-state index in [9.17, 15) is 4.79 Å². The fraction of sp³-hybridized carbons (Fsp3) is 0.227. The predicted molar refractivity (Wildman–Crippen MR) is 107 cm³/mol. The van der Waals surface area contributed by atoms with Gasteiger partial charge in [0.15, 0.2) is 5.76 Å². The first-order valence-electron chi connectivity index (χ1n) is 9.24. The highest BCUT2D eigenvalue weighted by Gasteiger charge is 2.17. The lowest BCUT2D eigenvalue weighted by Gasteiger charge is -2.36. The SMILES string of the molecule is O=C(Nc1ccc(CN2CCN(c3ccccc3)CC2)cc1)c1ccco1. The molecule has 0 unspecified atom stereocenters. The van der Waals surface area contributed by atoms with Gasteiger partial charge in [0.1, 0.15) is 0 Å². The molecule has 0 aliphatic carbocycles. The summed E-state index contributed by atoms with van der Waals surface area (Å²) in [5, 5.41) is 2.85. The zero-order chi connectivity index (χ0) is 18.5. The molecule has 1 aromatic heterocycles. The zero-order valence-electron chi connectivity index (χ0n) is 15.2. The molecule has 2 heterocycles. The van der Waals surface area contributed by atoms with Gasteiger partial charge in [-0.1, -0.05) is 30.3 Å². The van der Waals surface area contributed by atoms with Crippen LogP contribution in [0.4, 0.5) is 11.4 Å². The molecule has 5 nitrogen and oxygen atoms in total. The molecule has 0 bridgehead atoms. The first kappa shape index (κ1) is 17.4. The van der Waals surface area contributed by atoms with Crippen molar-refractivity contribution in [3.05, 3.63) is 84.3 Å². The van der Waals surface area contributed by atoms with Gasteiger partial charge in [-0.05, 0) is 42.0 Å². The summed E-state index contributed by atoms with van der Waals surface area (Å²) in [6.45, 7) is 5.11. The standard InChI is InChI=1S/C22H23N3O2/c26-22(21-7-4-16-27-21)23-19-10-8-18(9-11-19)17-24-12-14-25(15-13-24)20-5-2-1-3-6-20/h1-11,16H,12-15,17H2,(H,23,26). The van der Waals surface area contributed by atoms with Crippen LogP contribution in [0.15, 0.2) is 77.4 Å². The van der Waals surface area contributed by atoms with Crippen molar-refractivity contribution < 1.29 is 9.21 Å². The molecule has 0 saturated carbocycles. The van der Waals surface area contributed by atoms with E-state index in [-0.39, 0.29) is 5.91 Å². The van der Waals surface area contributed by atoms with Crippen LogP contribution in [-0.4, -0.2) is 37.0 Å². The molecule has 0 radical (unpaired) electrons. The summed E-state index contributed by atoms with van der Waals surface area (Å²) in [6.07, 6.45) is 1.50. The minimum Gasteiger partial charge on any atom is -0.459 e. The van der Waals surface area contributed by atoms with E-state index < -0.39 is 0 Å². The molecule has 4 rings (SSSR count). The summed E-state index contributed by atoms with van der Waals surface area (Å²) in [5.41, 5.74) is 3.32. The molecule has 1 fully saturated rings. The molecule has 27 heavy (non-hydrogen) atoms. The van der Waals surface area contributed by atoms with Crippen LogP contribution in [0.2, 0.25) is 0 Å². The van der Waals surface area contributed by atoms with Gasteiger partial charge in [-0.2, -0.15) is 0 Å². The largest absolute Gasteiger partial charge is 0.459 e. The summed E-state index contributed by atoms with van der Waals surface area (Å²) in [5.74, 6) is 0.0835. The summed E-state index contributed by atoms with van der Waals surface area (Å²) >= 11 is 0. The quantitative estimate of drug-likeness (QED) is 0.750. The summed E-state index contributed by atoms with van der Waals surface area (Å²) in [4.78, 5) is 16.9. The second-order valence-corrected chi connectivity index (χ2v) is 6.73. The van der Waals surface area contributed by atoms with E-state index in [1.165, 1.54) is 17.5 Å². The molecule has 1 aliphatic rings. The van der Waals surface area contributed by atoms with E-state index >= 15 is 0 Å². The second-order valence-electron chi connectivity index (χ2n) is 6.73. The van der Waals surface area contributed by atoms with Gasteiger partial charge in [-0.15, -0.1) is 0 Å². The lowest BCUT2D eigenvalue weighted by molar-refractivity contribution is 0.0996. The molecular weight excluding hydrogens is 338 g/mol. The molecule has 0 spiro atoms. The van der Waals surface area contributed by atoms with Gasteiger partial charge < -0.3 is 14.6 Å². The van der Waals surface area contributed by atoms with Gasteiger partial charge >= 0.3 is 0 Å². The predicted octanol–water partition coefficient (Wildman–Crippen LogP) is 3.85. The Labute approximate surface area is 159 Å². The third-order valence-electron chi connectivity index (χ3n) is 4.86. The van der Waals surface area contributed by atoms with Crippen LogP contribution in [0.1, 0.15) is 16.1 Å². The van der Waals surface area contributed by atoms with Crippen LogP contribution < -0.4 is 10.2 Å². The fourth-order valence-electron chi connectivity index (χ4n) is 3.36. The highest BCUT2D eigenvalue weighted by Crippen LogP contribution is 2.18. The van der Waals surface area contributed by atoms with E-state index in [1.54, 1.807) is 12.1 Å². The van der Waals surface area contributed by atoms with Gasteiger partial charge in [0.25, 0.3) is 5.91 Å². The third kappa shape index (κ3) is 4.38. The number of piperazine rings is 1. The van der Waals surface area contributed by atoms with Crippen molar-refractivity contribution in [2.24, 2.45) is 0 Å². The maximum Gasteiger partial charge on any atom is 0.291 e. The van der Waals surface area contributed by atoms with E-state index in [2.05, 4.69) is 57.6 Å². The van der Waals surface area contributed by atoms with Crippen LogP contribution in [0.5, 0.6) is 0 Å². The van der Waals surface area contributed by atoms with Crippen molar-refractivity contribution >= 4 is 17.3 Å². The number of hydrogen-bond donors (Lipinski definition) is 1. The van der Waals surface area contributed by atoms with E-state index in [0.717, 1.165) is 38.4 Å². The molecule has 1 amide bonds. The maximum atomic E-state index is 12.0. The van der Waals surface area contributed by atoms with Crippen LogP contribution in [-0.2, 0) is 6.54 Å². The maximum absolute atomic E-state index is 12.0. The third-order valence-corrected chi connectivity index (χ3v) is 4.86. The van der Waals surface area contributed by atoms with Crippen molar-refractivity contribution in [1.82, 2.24) is 4.90 Å². The molecule has 5 heteroatoms. The van der Waals surface area contributed by atoms with Crippen LogP contribution in [0.3, 0.4) is 0 Å². The normalized spacial score (nSPS) is 14.9. The molecule has 138 valence electrons. The minimum absolute atomic E-state index is 0.232. The van der Waals surface area contributed by atoms with Gasteiger partial charge in [-0.3, -0.25) is 9.69 Å². The Morgan fingerprint density at radius 3 is 2.30 bits per heavy atom. The number of nitrogens with one attached hydrogen (secondary N) is 1. The first-order valence-corrected chi connectivity index (χ1v) is 9.24. The van der Waals surface area contributed by atoms with E-state index in [1.807, 2.05) is 12.1 Å².